The van der Waals surface area contributed by atoms with E-state index < -0.39 is 11.6 Å². The van der Waals surface area contributed by atoms with Crippen molar-refractivity contribution < 1.29 is 18.3 Å². The number of guanidine groups is 1. The lowest BCUT2D eigenvalue weighted by molar-refractivity contribution is -0.0816. The van der Waals surface area contributed by atoms with Crippen molar-refractivity contribution in [2.24, 2.45) is 4.99 Å². The highest BCUT2D eigenvalue weighted by Gasteiger charge is 2.32. The number of morpholine rings is 1. The molecule has 25 heavy (non-hydrogen) atoms. The second kappa shape index (κ2) is 8.58. The number of nitrogens with one attached hydrogen (secondary N) is 1. The molecule has 2 saturated heterocycles. The summed E-state index contributed by atoms with van der Waals surface area (Å²) in [7, 11) is 1.71. The van der Waals surface area contributed by atoms with Gasteiger partial charge in [-0.25, -0.2) is 8.78 Å². The molecule has 1 aromatic rings. The molecule has 0 saturated carbocycles. The molecule has 2 atom stereocenters. The van der Waals surface area contributed by atoms with Gasteiger partial charge in [-0.1, -0.05) is 6.07 Å². The quantitative estimate of drug-likeness (QED) is 0.664. The average Bonchev–Trinajstić information content (AvgIpc) is 3.16. The number of rotatable bonds is 4. The average molecular weight is 353 g/mol. The summed E-state index contributed by atoms with van der Waals surface area (Å²) < 4.78 is 39.0. The lowest BCUT2D eigenvalue weighted by Crippen LogP contribution is -2.53. The van der Waals surface area contributed by atoms with E-state index in [-0.39, 0.29) is 24.2 Å². The molecule has 138 valence electrons. The second-order valence-corrected chi connectivity index (χ2v) is 6.33. The first-order valence-corrected chi connectivity index (χ1v) is 8.80. The first kappa shape index (κ1) is 18.1. The van der Waals surface area contributed by atoms with Crippen molar-refractivity contribution in [2.45, 2.75) is 31.5 Å². The minimum absolute atomic E-state index is 0.0406. The Morgan fingerprint density at radius 2 is 2.00 bits per heavy atom. The van der Waals surface area contributed by atoms with Crippen molar-refractivity contribution in [1.29, 1.82) is 0 Å². The van der Waals surface area contributed by atoms with Crippen molar-refractivity contribution in [1.82, 2.24) is 10.2 Å². The third-order valence-electron chi connectivity index (χ3n) is 4.70. The van der Waals surface area contributed by atoms with Crippen LogP contribution in [0.1, 0.15) is 18.4 Å². The van der Waals surface area contributed by atoms with Crippen molar-refractivity contribution in [3.05, 3.63) is 35.4 Å². The Labute approximate surface area is 147 Å². The van der Waals surface area contributed by atoms with Gasteiger partial charge in [0.05, 0.1) is 12.7 Å². The van der Waals surface area contributed by atoms with Crippen molar-refractivity contribution in [2.75, 3.05) is 39.9 Å². The van der Waals surface area contributed by atoms with Gasteiger partial charge >= 0.3 is 0 Å². The normalized spacial score (nSPS) is 24.6. The van der Waals surface area contributed by atoms with Gasteiger partial charge in [0.2, 0.25) is 0 Å². The lowest BCUT2D eigenvalue weighted by atomic mass is 10.1. The van der Waals surface area contributed by atoms with Gasteiger partial charge in [0.1, 0.15) is 17.7 Å². The molecule has 0 spiro atoms. The summed E-state index contributed by atoms with van der Waals surface area (Å²) >= 11 is 0. The lowest BCUT2D eigenvalue weighted by Gasteiger charge is -2.37. The first-order chi connectivity index (χ1) is 12.2. The molecule has 7 heteroatoms. The third-order valence-corrected chi connectivity index (χ3v) is 4.70. The van der Waals surface area contributed by atoms with E-state index in [0.717, 1.165) is 32.0 Å². The van der Waals surface area contributed by atoms with Crippen LogP contribution in [0.15, 0.2) is 23.2 Å². The molecule has 0 radical (unpaired) electrons. The van der Waals surface area contributed by atoms with E-state index >= 15 is 0 Å². The Bertz CT molecular complexity index is 586. The van der Waals surface area contributed by atoms with Crippen LogP contribution in [0.5, 0.6) is 0 Å². The standard InChI is InChI=1S/C18H25F2N3O2/c1-21-18(22-8-7-13-14(19)4-2-5-15(13)20)23-9-11-25-17(12-23)16-6-3-10-24-16/h2,4-5,16-17H,3,6-12H2,1H3,(H,21,22). The Morgan fingerprint density at radius 1 is 1.24 bits per heavy atom. The molecule has 2 aliphatic heterocycles. The van der Waals surface area contributed by atoms with E-state index in [9.17, 15) is 8.78 Å². The smallest absolute Gasteiger partial charge is 0.193 e. The molecule has 5 nitrogen and oxygen atoms in total. The summed E-state index contributed by atoms with van der Waals surface area (Å²) in [4.78, 5) is 6.42. The van der Waals surface area contributed by atoms with E-state index in [1.807, 2.05) is 0 Å². The Morgan fingerprint density at radius 3 is 2.68 bits per heavy atom. The maximum atomic E-state index is 13.7. The molecule has 1 aromatic carbocycles. The van der Waals surface area contributed by atoms with E-state index in [1.54, 1.807) is 7.05 Å². The van der Waals surface area contributed by atoms with E-state index in [2.05, 4.69) is 15.2 Å². The minimum atomic E-state index is -0.512. The Balaban J connectivity index is 1.53. The summed E-state index contributed by atoms with van der Waals surface area (Å²) in [6.45, 7) is 3.26. The van der Waals surface area contributed by atoms with E-state index in [0.29, 0.717) is 19.7 Å². The van der Waals surface area contributed by atoms with Gasteiger partial charge in [0, 0.05) is 38.9 Å². The molecular formula is C18H25F2N3O2. The molecule has 0 aromatic heterocycles. The number of ether oxygens (including phenoxy) is 2. The molecular weight excluding hydrogens is 328 g/mol. The van der Waals surface area contributed by atoms with Crippen LogP contribution >= 0.6 is 0 Å². The maximum absolute atomic E-state index is 13.7. The molecule has 3 rings (SSSR count). The largest absolute Gasteiger partial charge is 0.375 e. The molecule has 2 aliphatic rings. The van der Waals surface area contributed by atoms with Gasteiger partial charge in [0.25, 0.3) is 0 Å². The zero-order valence-electron chi connectivity index (χ0n) is 14.5. The van der Waals surface area contributed by atoms with Gasteiger partial charge in [-0.2, -0.15) is 0 Å². The molecule has 1 N–H and O–H groups in total. The predicted molar refractivity (Wildman–Crippen MR) is 91.7 cm³/mol. The molecule has 0 bridgehead atoms. The summed E-state index contributed by atoms with van der Waals surface area (Å²) in [6.07, 6.45) is 2.55. The van der Waals surface area contributed by atoms with Crippen LogP contribution in [-0.2, 0) is 15.9 Å². The predicted octanol–water partition coefficient (Wildman–Crippen LogP) is 1.96. The van der Waals surface area contributed by atoms with Crippen LogP contribution in [0.25, 0.3) is 0 Å². The SMILES string of the molecule is CN=C(NCCc1c(F)cccc1F)N1CCOC(C2CCCO2)C1. The van der Waals surface area contributed by atoms with Crippen molar-refractivity contribution >= 4 is 5.96 Å². The van der Waals surface area contributed by atoms with Gasteiger partial charge in [-0.05, 0) is 31.4 Å². The van der Waals surface area contributed by atoms with Crippen LogP contribution in [0.2, 0.25) is 0 Å². The number of hydrogen-bond acceptors (Lipinski definition) is 3. The number of halogens is 2. The zero-order chi connectivity index (χ0) is 17.6. The topological polar surface area (TPSA) is 46.1 Å². The molecule has 0 amide bonds. The molecule has 2 heterocycles. The van der Waals surface area contributed by atoms with E-state index in [4.69, 9.17) is 9.47 Å². The van der Waals surface area contributed by atoms with Crippen LogP contribution in [0.4, 0.5) is 8.78 Å². The fraction of sp³-hybridized carbons (Fsp3) is 0.611. The third kappa shape index (κ3) is 4.46. The van der Waals surface area contributed by atoms with Gasteiger partial charge in [-0.3, -0.25) is 4.99 Å². The summed E-state index contributed by atoms with van der Waals surface area (Å²) in [5.41, 5.74) is 0.102. The van der Waals surface area contributed by atoms with Crippen LogP contribution in [-0.4, -0.2) is 63.0 Å². The number of benzene rings is 1. The number of nitrogens with zero attached hydrogens (tertiary/aromatic N) is 2. The fourth-order valence-corrected chi connectivity index (χ4v) is 3.39. The van der Waals surface area contributed by atoms with Crippen LogP contribution in [0.3, 0.4) is 0 Å². The monoisotopic (exact) mass is 353 g/mol. The van der Waals surface area contributed by atoms with E-state index in [1.165, 1.54) is 18.2 Å². The highest BCUT2D eigenvalue weighted by Crippen LogP contribution is 2.21. The van der Waals surface area contributed by atoms with Gasteiger partial charge < -0.3 is 19.7 Å². The Kier molecular flexibility index (Phi) is 6.20. The zero-order valence-corrected chi connectivity index (χ0v) is 14.5. The summed E-state index contributed by atoms with van der Waals surface area (Å²) in [5.74, 6) is -0.300. The second-order valence-electron chi connectivity index (χ2n) is 6.33. The number of aliphatic imine (C=N–C) groups is 1. The Hall–Kier alpha value is -1.73. The van der Waals surface area contributed by atoms with Crippen LogP contribution in [0, 0.1) is 11.6 Å². The minimum Gasteiger partial charge on any atom is -0.375 e. The van der Waals surface area contributed by atoms with Gasteiger partial charge in [0.15, 0.2) is 5.96 Å². The summed E-state index contributed by atoms with van der Waals surface area (Å²) in [6, 6.07) is 3.93. The maximum Gasteiger partial charge on any atom is 0.193 e. The highest BCUT2D eigenvalue weighted by atomic mass is 19.1. The van der Waals surface area contributed by atoms with Gasteiger partial charge in [-0.15, -0.1) is 0 Å². The molecule has 2 fully saturated rings. The summed E-state index contributed by atoms with van der Waals surface area (Å²) in [5, 5.41) is 3.20. The molecule has 2 unspecified atom stereocenters. The van der Waals surface area contributed by atoms with Crippen molar-refractivity contribution in [3.8, 4) is 0 Å². The van der Waals surface area contributed by atoms with Crippen LogP contribution < -0.4 is 5.32 Å². The van der Waals surface area contributed by atoms with Crippen molar-refractivity contribution in [3.63, 3.8) is 0 Å². The first-order valence-electron chi connectivity index (χ1n) is 8.80. The molecule has 0 aliphatic carbocycles. The highest BCUT2D eigenvalue weighted by molar-refractivity contribution is 5.80. The fourth-order valence-electron chi connectivity index (χ4n) is 3.39. The number of hydrogen-bond donors (Lipinski definition) is 1.